The number of carboxylic acids is 1. The molecule has 0 amide bonds. The number of carboxylic acid groups (broad SMARTS) is 1. The molecule has 0 atom stereocenters. The third kappa shape index (κ3) is 3.21. The number of nitrogens with zero attached hydrogens (tertiary/aromatic N) is 3. The van der Waals surface area contributed by atoms with Crippen molar-refractivity contribution < 1.29 is 9.90 Å². The highest BCUT2D eigenvalue weighted by Gasteiger charge is 2.00. The van der Waals surface area contributed by atoms with Crippen LogP contribution in [0, 0.1) is 0 Å². The fraction of sp³-hybridized carbons (Fsp3) is 0.0769. The number of rotatable bonds is 4. The average Bonchev–Trinajstić information content (AvgIpc) is 2.40. The highest BCUT2D eigenvalue weighted by molar-refractivity contribution is 5.87. The molecule has 1 aromatic carbocycles. The summed E-state index contributed by atoms with van der Waals surface area (Å²) in [5.74, 6) is -0.949. The standard InChI is InChI=1S/C13H11N3O2/c17-13(18)11-1-3-12(4-2-11)16-15-9-10-5-7-14-8-6-10/h1-8H,9H2,(H,17,18). The molecule has 1 N–H and O–H groups in total. The Morgan fingerprint density at radius 1 is 1.11 bits per heavy atom. The predicted octanol–water partition coefficient (Wildman–Crippen LogP) is 3.06. The van der Waals surface area contributed by atoms with Gasteiger partial charge in [-0.2, -0.15) is 10.2 Å². The van der Waals surface area contributed by atoms with Crippen molar-refractivity contribution >= 4 is 11.7 Å². The first kappa shape index (κ1) is 11.9. The average molecular weight is 241 g/mol. The number of pyridine rings is 1. The zero-order valence-corrected chi connectivity index (χ0v) is 9.52. The Bertz CT molecular complexity index is 550. The lowest BCUT2D eigenvalue weighted by molar-refractivity contribution is 0.0697. The van der Waals surface area contributed by atoms with Crippen molar-refractivity contribution in [2.45, 2.75) is 6.54 Å². The molecule has 90 valence electrons. The van der Waals surface area contributed by atoms with Crippen molar-refractivity contribution in [3.05, 3.63) is 59.9 Å². The lowest BCUT2D eigenvalue weighted by atomic mass is 10.2. The summed E-state index contributed by atoms with van der Waals surface area (Å²) < 4.78 is 0. The summed E-state index contributed by atoms with van der Waals surface area (Å²) in [6, 6.07) is 9.99. The predicted molar refractivity (Wildman–Crippen MR) is 65.9 cm³/mol. The highest BCUT2D eigenvalue weighted by atomic mass is 16.4. The Balaban J connectivity index is 1.99. The van der Waals surface area contributed by atoms with Crippen molar-refractivity contribution in [1.82, 2.24) is 4.98 Å². The second-order valence-corrected chi connectivity index (χ2v) is 3.61. The van der Waals surface area contributed by atoms with Crippen molar-refractivity contribution in [3.8, 4) is 0 Å². The van der Waals surface area contributed by atoms with E-state index in [1.165, 1.54) is 12.1 Å². The molecule has 1 aromatic heterocycles. The number of hydrogen-bond acceptors (Lipinski definition) is 4. The second-order valence-electron chi connectivity index (χ2n) is 3.61. The topological polar surface area (TPSA) is 74.9 Å². The van der Waals surface area contributed by atoms with Gasteiger partial charge in [-0.05, 0) is 42.0 Å². The smallest absolute Gasteiger partial charge is 0.335 e. The quantitative estimate of drug-likeness (QED) is 0.836. The first-order chi connectivity index (χ1) is 8.75. The van der Waals surface area contributed by atoms with Crippen LogP contribution < -0.4 is 0 Å². The van der Waals surface area contributed by atoms with Gasteiger partial charge in [-0.25, -0.2) is 4.79 Å². The van der Waals surface area contributed by atoms with Gasteiger partial charge in [-0.1, -0.05) is 0 Å². The SMILES string of the molecule is O=C(O)c1ccc(N=NCc2ccncc2)cc1. The van der Waals surface area contributed by atoms with Crippen LogP contribution in [0.15, 0.2) is 59.0 Å². The number of aromatic carboxylic acids is 1. The molecule has 0 fully saturated rings. The van der Waals surface area contributed by atoms with Crippen molar-refractivity contribution in [2.24, 2.45) is 10.2 Å². The third-order valence-corrected chi connectivity index (χ3v) is 2.30. The van der Waals surface area contributed by atoms with Crippen LogP contribution in [0.25, 0.3) is 0 Å². The van der Waals surface area contributed by atoms with Gasteiger partial charge in [0.05, 0.1) is 17.8 Å². The van der Waals surface area contributed by atoms with Crippen LogP contribution in [0.2, 0.25) is 0 Å². The van der Waals surface area contributed by atoms with E-state index in [0.717, 1.165) is 5.56 Å². The molecule has 0 aliphatic rings. The highest BCUT2D eigenvalue weighted by Crippen LogP contribution is 2.14. The Morgan fingerprint density at radius 2 is 1.78 bits per heavy atom. The minimum Gasteiger partial charge on any atom is -0.478 e. The minimum atomic E-state index is -0.949. The van der Waals surface area contributed by atoms with Gasteiger partial charge in [-0.3, -0.25) is 4.98 Å². The molecule has 2 rings (SSSR count). The fourth-order valence-electron chi connectivity index (χ4n) is 1.36. The summed E-state index contributed by atoms with van der Waals surface area (Å²) in [4.78, 5) is 14.6. The number of aromatic nitrogens is 1. The third-order valence-electron chi connectivity index (χ3n) is 2.30. The van der Waals surface area contributed by atoms with Gasteiger partial charge < -0.3 is 5.11 Å². The van der Waals surface area contributed by atoms with Gasteiger partial charge in [0, 0.05) is 12.4 Å². The van der Waals surface area contributed by atoms with Crippen LogP contribution in [-0.2, 0) is 6.54 Å². The molecule has 1 heterocycles. The zero-order valence-electron chi connectivity index (χ0n) is 9.52. The molecule has 5 nitrogen and oxygen atoms in total. The summed E-state index contributed by atoms with van der Waals surface area (Å²) in [6.45, 7) is 0.475. The molecular weight excluding hydrogens is 230 g/mol. The molecule has 0 spiro atoms. The van der Waals surface area contributed by atoms with Gasteiger partial charge in [0.25, 0.3) is 0 Å². The van der Waals surface area contributed by atoms with Crippen LogP contribution in [0.3, 0.4) is 0 Å². The summed E-state index contributed by atoms with van der Waals surface area (Å²) in [5, 5.41) is 16.8. The molecule has 0 unspecified atom stereocenters. The van der Waals surface area contributed by atoms with Gasteiger partial charge in [0.1, 0.15) is 0 Å². The Kier molecular flexibility index (Phi) is 3.76. The molecule has 0 radical (unpaired) electrons. The molecule has 2 aromatic rings. The van der Waals surface area contributed by atoms with E-state index in [2.05, 4.69) is 15.2 Å². The van der Waals surface area contributed by atoms with E-state index >= 15 is 0 Å². The van der Waals surface area contributed by atoms with E-state index in [0.29, 0.717) is 12.2 Å². The normalized spacial score (nSPS) is 10.7. The Labute approximate surface area is 104 Å². The van der Waals surface area contributed by atoms with E-state index < -0.39 is 5.97 Å². The monoisotopic (exact) mass is 241 g/mol. The van der Waals surface area contributed by atoms with Crippen LogP contribution >= 0.6 is 0 Å². The molecular formula is C13H11N3O2. The summed E-state index contributed by atoms with van der Waals surface area (Å²) in [7, 11) is 0. The van der Waals surface area contributed by atoms with E-state index in [-0.39, 0.29) is 5.56 Å². The fourth-order valence-corrected chi connectivity index (χ4v) is 1.36. The summed E-state index contributed by atoms with van der Waals surface area (Å²) in [6.07, 6.45) is 3.40. The van der Waals surface area contributed by atoms with E-state index in [1.54, 1.807) is 24.5 Å². The van der Waals surface area contributed by atoms with Crippen LogP contribution in [0.5, 0.6) is 0 Å². The van der Waals surface area contributed by atoms with Gasteiger partial charge in [0.2, 0.25) is 0 Å². The lowest BCUT2D eigenvalue weighted by Crippen LogP contribution is -1.93. The van der Waals surface area contributed by atoms with E-state index in [9.17, 15) is 4.79 Å². The molecule has 0 bridgehead atoms. The lowest BCUT2D eigenvalue weighted by Gasteiger charge is -1.95. The first-order valence-electron chi connectivity index (χ1n) is 5.35. The Hall–Kier alpha value is -2.56. The number of benzene rings is 1. The molecule has 0 aliphatic heterocycles. The van der Waals surface area contributed by atoms with E-state index in [4.69, 9.17) is 5.11 Å². The summed E-state index contributed by atoms with van der Waals surface area (Å²) >= 11 is 0. The first-order valence-corrected chi connectivity index (χ1v) is 5.35. The number of azo groups is 1. The maximum Gasteiger partial charge on any atom is 0.335 e. The van der Waals surface area contributed by atoms with Gasteiger partial charge in [0.15, 0.2) is 0 Å². The van der Waals surface area contributed by atoms with Gasteiger partial charge >= 0.3 is 5.97 Å². The van der Waals surface area contributed by atoms with Crippen LogP contribution in [-0.4, -0.2) is 16.1 Å². The molecule has 0 aliphatic carbocycles. The molecule has 18 heavy (non-hydrogen) atoms. The summed E-state index contributed by atoms with van der Waals surface area (Å²) in [5.41, 5.74) is 1.90. The molecule has 5 heteroatoms. The molecule has 0 saturated heterocycles. The zero-order chi connectivity index (χ0) is 12.8. The maximum atomic E-state index is 10.7. The Morgan fingerprint density at radius 3 is 2.39 bits per heavy atom. The van der Waals surface area contributed by atoms with Crippen LogP contribution in [0.4, 0.5) is 5.69 Å². The number of carbonyl (C=O) groups is 1. The molecule has 0 saturated carbocycles. The maximum absolute atomic E-state index is 10.7. The van der Waals surface area contributed by atoms with E-state index in [1.807, 2.05) is 12.1 Å². The minimum absolute atomic E-state index is 0.239. The van der Waals surface area contributed by atoms with Crippen molar-refractivity contribution in [3.63, 3.8) is 0 Å². The van der Waals surface area contributed by atoms with Gasteiger partial charge in [-0.15, -0.1) is 0 Å². The number of hydrogen-bond donors (Lipinski definition) is 1. The van der Waals surface area contributed by atoms with Crippen molar-refractivity contribution in [1.29, 1.82) is 0 Å². The van der Waals surface area contributed by atoms with Crippen molar-refractivity contribution in [2.75, 3.05) is 0 Å². The van der Waals surface area contributed by atoms with Crippen LogP contribution in [0.1, 0.15) is 15.9 Å². The second kappa shape index (κ2) is 5.67. The largest absolute Gasteiger partial charge is 0.478 e.